The predicted octanol–water partition coefficient (Wildman–Crippen LogP) is 2.47. The van der Waals surface area contributed by atoms with Gasteiger partial charge in [0.1, 0.15) is 0 Å². The van der Waals surface area contributed by atoms with Crippen LogP contribution >= 0.6 is 0 Å². The highest BCUT2D eigenvalue weighted by Gasteiger charge is 2.22. The Morgan fingerprint density at radius 1 is 1.14 bits per heavy atom. The second kappa shape index (κ2) is 7.61. The molecule has 0 unspecified atom stereocenters. The van der Waals surface area contributed by atoms with Crippen molar-refractivity contribution in [2.75, 3.05) is 0 Å². The molecular formula is C14H23NO5S. The highest BCUT2D eigenvalue weighted by atomic mass is 32.2. The number of unbranched alkanes of at least 4 members (excludes halogenated alkanes) is 5. The summed E-state index contributed by atoms with van der Waals surface area (Å²) in [5.41, 5.74) is -0.426. The van der Waals surface area contributed by atoms with Crippen LogP contribution in [0.25, 0.3) is 0 Å². The van der Waals surface area contributed by atoms with Gasteiger partial charge in [0.2, 0.25) is 5.88 Å². The molecule has 0 aliphatic heterocycles. The second-order valence-corrected chi connectivity index (χ2v) is 6.57. The topological polar surface area (TPSA) is 96.6 Å². The SMILES string of the molecule is CCCCCCCCn1c(O)c(S(=O)(=O)O)c(C)cc1=O. The third-order valence-electron chi connectivity index (χ3n) is 3.42. The van der Waals surface area contributed by atoms with Gasteiger partial charge in [-0.2, -0.15) is 8.42 Å². The van der Waals surface area contributed by atoms with Gasteiger partial charge in [0.25, 0.3) is 15.7 Å². The van der Waals surface area contributed by atoms with Gasteiger partial charge < -0.3 is 5.11 Å². The Morgan fingerprint density at radius 3 is 2.29 bits per heavy atom. The van der Waals surface area contributed by atoms with E-state index in [4.69, 9.17) is 4.55 Å². The van der Waals surface area contributed by atoms with Gasteiger partial charge in [-0.25, -0.2) is 0 Å². The highest BCUT2D eigenvalue weighted by molar-refractivity contribution is 7.86. The maximum Gasteiger partial charge on any atom is 0.300 e. The Morgan fingerprint density at radius 2 is 1.71 bits per heavy atom. The fourth-order valence-corrected chi connectivity index (χ4v) is 3.12. The number of hydrogen-bond acceptors (Lipinski definition) is 4. The number of aromatic hydroxyl groups is 1. The number of aryl methyl sites for hydroxylation is 1. The van der Waals surface area contributed by atoms with Crippen molar-refractivity contribution in [3.63, 3.8) is 0 Å². The molecular weight excluding hydrogens is 294 g/mol. The normalized spacial score (nSPS) is 11.8. The van der Waals surface area contributed by atoms with Crippen LogP contribution in [0.2, 0.25) is 0 Å². The van der Waals surface area contributed by atoms with Crippen LogP contribution in [-0.4, -0.2) is 22.6 Å². The van der Waals surface area contributed by atoms with E-state index >= 15 is 0 Å². The summed E-state index contributed by atoms with van der Waals surface area (Å²) in [6.07, 6.45) is 6.06. The molecule has 0 radical (unpaired) electrons. The van der Waals surface area contributed by atoms with Crippen molar-refractivity contribution in [3.05, 3.63) is 22.0 Å². The molecule has 21 heavy (non-hydrogen) atoms. The van der Waals surface area contributed by atoms with E-state index in [2.05, 4.69) is 6.92 Å². The lowest BCUT2D eigenvalue weighted by Gasteiger charge is -2.12. The largest absolute Gasteiger partial charge is 0.493 e. The first-order valence-electron chi connectivity index (χ1n) is 7.20. The van der Waals surface area contributed by atoms with Crippen LogP contribution in [0.15, 0.2) is 15.8 Å². The average molecular weight is 317 g/mol. The number of rotatable bonds is 8. The standard InChI is InChI=1S/C14H23NO5S/c1-3-4-5-6-7-8-9-15-12(16)10-11(2)13(14(15)17)21(18,19)20/h10,17H,3-9H2,1-2H3,(H,18,19,20). The lowest BCUT2D eigenvalue weighted by atomic mass is 10.1. The monoisotopic (exact) mass is 317 g/mol. The maximum absolute atomic E-state index is 11.8. The van der Waals surface area contributed by atoms with Gasteiger partial charge in [-0.05, 0) is 18.9 Å². The average Bonchev–Trinajstić information content (AvgIpc) is 2.34. The van der Waals surface area contributed by atoms with E-state index in [9.17, 15) is 18.3 Å². The molecule has 0 saturated carbocycles. The number of hydrogen-bond donors (Lipinski definition) is 2. The summed E-state index contributed by atoms with van der Waals surface area (Å²) in [6.45, 7) is 3.72. The third kappa shape index (κ3) is 4.86. The quantitative estimate of drug-likeness (QED) is 0.567. The summed E-state index contributed by atoms with van der Waals surface area (Å²) in [5.74, 6) is -0.684. The van der Waals surface area contributed by atoms with E-state index in [0.717, 1.165) is 36.3 Å². The van der Waals surface area contributed by atoms with Gasteiger partial charge in [-0.15, -0.1) is 0 Å². The molecule has 0 bridgehead atoms. The fraction of sp³-hybridized carbons (Fsp3) is 0.643. The van der Waals surface area contributed by atoms with Crippen LogP contribution in [0.1, 0.15) is 51.0 Å². The maximum atomic E-state index is 11.8. The summed E-state index contributed by atoms with van der Waals surface area (Å²) >= 11 is 0. The van der Waals surface area contributed by atoms with Crippen molar-refractivity contribution in [3.8, 4) is 5.88 Å². The van der Waals surface area contributed by atoms with E-state index in [1.807, 2.05) is 0 Å². The molecule has 1 rings (SSSR count). The molecule has 1 aromatic rings. The first kappa shape index (κ1) is 17.7. The van der Waals surface area contributed by atoms with E-state index < -0.39 is 26.5 Å². The van der Waals surface area contributed by atoms with Crippen LogP contribution < -0.4 is 5.56 Å². The summed E-state index contributed by atoms with van der Waals surface area (Å²) in [4.78, 5) is 11.2. The van der Waals surface area contributed by atoms with Crippen molar-refractivity contribution in [1.29, 1.82) is 0 Å². The summed E-state index contributed by atoms with van der Waals surface area (Å²) < 4.78 is 32.7. The molecule has 0 aliphatic rings. The minimum absolute atomic E-state index is 0.0409. The fourth-order valence-electron chi connectivity index (χ4n) is 2.32. The molecule has 6 nitrogen and oxygen atoms in total. The van der Waals surface area contributed by atoms with Crippen LogP contribution in [0.3, 0.4) is 0 Å². The minimum Gasteiger partial charge on any atom is -0.493 e. The Balaban J connectivity index is 2.86. The molecule has 0 aliphatic carbocycles. The number of aromatic nitrogens is 1. The molecule has 120 valence electrons. The van der Waals surface area contributed by atoms with Crippen LogP contribution in [-0.2, 0) is 16.7 Å². The number of pyridine rings is 1. The Hall–Kier alpha value is -1.34. The van der Waals surface area contributed by atoms with Crippen molar-refractivity contribution in [2.45, 2.75) is 63.8 Å². The van der Waals surface area contributed by atoms with E-state index in [0.29, 0.717) is 6.42 Å². The molecule has 0 aromatic carbocycles. The van der Waals surface area contributed by atoms with Crippen LogP contribution in [0, 0.1) is 6.92 Å². The number of nitrogens with zero attached hydrogens (tertiary/aromatic N) is 1. The van der Waals surface area contributed by atoms with E-state index in [1.165, 1.54) is 13.3 Å². The molecule has 2 N–H and O–H groups in total. The van der Waals surface area contributed by atoms with Crippen molar-refractivity contribution in [1.82, 2.24) is 4.57 Å². The smallest absolute Gasteiger partial charge is 0.300 e. The van der Waals surface area contributed by atoms with Crippen molar-refractivity contribution >= 4 is 10.1 Å². The van der Waals surface area contributed by atoms with Crippen LogP contribution in [0.4, 0.5) is 0 Å². The molecule has 0 fully saturated rings. The van der Waals surface area contributed by atoms with Gasteiger partial charge in [0.15, 0.2) is 4.90 Å². The Kier molecular flexibility index (Phi) is 6.42. The minimum atomic E-state index is -4.56. The molecule has 1 heterocycles. The first-order chi connectivity index (χ1) is 9.79. The summed E-state index contributed by atoms with van der Waals surface area (Å²) in [7, 11) is -4.56. The predicted molar refractivity (Wildman–Crippen MR) is 80.3 cm³/mol. The van der Waals surface area contributed by atoms with Crippen molar-refractivity contribution in [2.24, 2.45) is 0 Å². The highest BCUT2D eigenvalue weighted by Crippen LogP contribution is 2.24. The molecule has 0 atom stereocenters. The second-order valence-electron chi connectivity index (χ2n) is 5.21. The third-order valence-corrected chi connectivity index (χ3v) is 4.44. The Labute approximate surface area is 125 Å². The molecule has 1 aromatic heterocycles. The molecule has 0 saturated heterocycles. The molecule has 0 amide bonds. The first-order valence-corrected chi connectivity index (χ1v) is 8.64. The van der Waals surface area contributed by atoms with E-state index in [1.54, 1.807) is 0 Å². The van der Waals surface area contributed by atoms with Gasteiger partial charge in [0, 0.05) is 12.6 Å². The zero-order chi connectivity index (χ0) is 16.0. The molecule has 7 heteroatoms. The van der Waals surface area contributed by atoms with Gasteiger partial charge in [-0.3, -0.25) is 13.9 Å². The van der Waals surface area contributed by atoms with Crippen LogP contribution in [0.5, 0.6) is 5.88 Å². The molecule has 0 spiro atoms. The lowest BCUT2D eigenvalue weighted by Crippen LogP contribution is -2.22. The zero-order valence-electron chi connectivity index (χ0n) is 12.5. The lowest BCUT2D eigenvalue weighted by molar-refractivity contribution is 0.377. The summed E-state index contributed by atoms with van der Waals surface area (Å²) in [6, 6.07) is 1.11. The Bertz CT molecular complexity index is 633. The van der Waals surface area contributed by atoms with Gasteiger partial charge in [0.05, 0.1) is 0 Å². The zero-order valence-corrected chi connectivity index (χ0v) is 13.3. The van der Waals surface area contributed by atoms with E-state index in [-0.39, 0.29) is 12.1 Å². The summed E-state index contributed by atoms with van der Waals surface area (Å²) in [5, 5.41) is 9.95. The van der Waals surface area contributed by atoms with Crippen molar-refractivity contribution < 1.29 is 18.1 Å². The van der Waals surface area contributed by atoms with Gasteiger partial charge in [-0.1, -0.05) is 39.0 Å². The van der Waals surface area contributed by atoms with Gasteiger partial charge >= 0.3 is 0 Å².